The lowest BCUT2D eigenvalue weighted by molar-refractivity contribution is 0.0881. The number of ketones is 1. The minimum atomic E-state index is 0.137. The van der Waals surface area contributed by atoms with E-state index in [1.165, 1.54) is 5.56 Å². The molecule has 0 saturated heterocycles. The highest BCUT2D eigenvalue weighted by Gasteiger charge is 2.26. The number of benzene rings is 1. The highest BCUT2D eigenvalue weighted by atomic mass is 16.1. The number of nitrogens with two attached hydrogens (primary N) is 1. The molecule has 1 aromatic rings. The zero-order valence-electron chi connectivity index (χ0n) is 12.1. The Balaban J connectivity index is 2.10. The van der Waals surface area contributed by atoms with Crippen molar-refractivity contribution in [2.45, 2.75) is 52.0 Å². The van der Waals surface area contributed by atoms with Gasteiger partial charge in [-0.1, -0.05) is 38.5 Å². The van der Waals surface area contributed by atoms with Gasteiger partial charge in [-0.15, -0.1) is 0 Å². The second kappa shape index (κ2) is 6.33. The van der Waals surface area contributed by atoms with Crippen molar-refractivity contribution in [3.05, 3.63) is 35.4 Å². The third-order valence-corrected chi connectivity index (χ3v) is 3.94. The molecule has 104 valence electrons. The molecule has 0 radical (unpaired) electrons. The Labute approximate surface area is 116 Å². The second-order valence-corrected chi connectivity index (χ2v) is 6.29. The summed E-state index contributed by atoms with van der Waals surface area (Å²) in [6, 6.07) is 8.35. The first kappa shape index (κ1) is 14.3. The Morgan fingerprint density at radius 1 is 1.37 bits per heavy atom. The van der Waals surface area contributed by atoms with E-state index in [1.807, 2.05) is 12.1 Å². The van der Waals surface area contributed by atoms with Gasteiger partial charge in [0.2, 0.25) is 0 Å². The molecule has 2 nitrogen and oxygen atoms in total. The average molecular weight is 259 g/mol. The maximum absolute atomic E-state index is 12.5. The number of hydrogen-bond acceptors (Lipinski definition) is 2. The summed E-state index contributed by atoms with van der Waals surface area (Å²) >= 11 is 0. The summed E-state index contributed by atoms with van der Waals surface area (Å²) in [6.07, 6.45) is 5.04. The van der Waals surface area contributed by atoms with E-state index in [-0.39, 0.29) is 12.0 Å². The Kier molecular flexibility index (Phi) is 4.76. The van der Waals surface area contributed by atoms with Crippen molar-refractivity contribution in [2.75, 3.05) is 0 Å². The SMILES string of the molecule is CC(C)Cc1cccc(C(=O)C2CCCC(N)C2)c1. The molecule has 2 rings (SSSR count). The number of carbonyl (C=O) groups excluding carboxylic acids is 1. The predicted octanol–water partition coefficient (Wildman–Crippen LogP) is 3.59. The summed E-state index contributed by atoms with van der Waals surface area (Å²) in [5.41, 5.74) is 8.12. The van der Waals surface area contributed by atoms with Crippen molar-refractivity contribution in [3.8, 4) is 0 Å². The lowest BCUT2D eigenvalue weighted by atomic mass is 9.81. The third-order valence-electron chi connectivity index (χ3n) is 3.94. The van der Waals surface area contributed by atoms with Crippen LogP contribution in [0.2, 0.25) is 0 Å². The van der Waals surface area contributed by atoms with Gasteiger partial charge in [-0.25, -0.2) is 0 Å². The first-order valence-corrected chi connectivity index (χ1v) is 7.45. The summed E-state index contributed by atoms with van der Waals surface area (Å²) in [7, 11) is 0. The van der Waals surface area contributed by atoms with E-state index in [0.717, 1.165) is 37.7 Å². The van der Waals surface area contributed by atoms with Gasteiger partial charge in [0.25, 0.3) is 0 Å². The molecular weight excluding hydrogens is 234 g/mol. The zero-order chi connectivity index (χ0) is 13.8. The monoisotopic (exact) mass is 259 g/mol. The van der Waals surface area contributed by atoms with Gasteiger partial charge in [0, 0.05) is 17.5 Å². The van der Waals surface area contributed by atoms with Gasteiger partial charge in [-0.05, 0) is 43.2 Å². The molecule has 0 heterocycles. The van der Waals surface area contributed by atoms with Gasteiger partial charge in [0.15, 0.2) is 5.78 Å². The van der Waals surface area contributed by atoms with Crippen molar-refractivity contribution in [2.24, 2.45) is 17.6 Å². The average Bonchev–Trinajstić information content (AvgIpc) is 2.37. The zero-order valence-corrected chi connectivity index (χ0v) is 12.1. The van der Waals surface area contributed by atoms with Crippen LogP contribution >= 0.6 is 0 Å². The Morgan fingerprint density at radius 3 is 2.84 bits per heavy atom. The van der Waals surface area contributed by atoms with E-state index in [0.29, 0.717) is 11.7 Å². The van der Waals surface area contributed by atoms with Crippen LogP contribution in [0.15, 0.2) is 24.3 Å². The highest BCUT2D eigenvalue weighted by Crippen LogP contribution is 2.26. The summed E-state index contributed by atoms with van der Waals surface area (Å²) in [4.78, 5) is 12.5. The summed E-state index contributed by atoms with van der Waals surface area (Å²) in [5, 5.41) is 0. The van der Waals surface area contributed by atoms with Crippen molar-refractivity contribution in [3.63, 3.8) is 0 Å². The minimum absolute atomic E-state index is 0.137. The second-order valence-electron chi connectivity index (χ2n) is 6.29. The molecule has 0 bridgehead atoms. The number of carbonyl (C=O) groups is 1. The largest absolute Gasteiger partial charge is 0.328 e. The number of Topliss-reactive ketones (excluding diaryl/α,β-unsaturated/α-hetero) is 1. The fourth-order valence-electron chi connectivity index (χ4n) is 3.02. The highest BCUT2D eigenvalue weighted by molar-refractivity contribution is 5.98. The summed E-state index contributed by atoms with van der Waals surface area (Å²) < 4.78 is 0. The van der Waals surface area contributed by atoms with Gasteiger partial charge < -0.3 is 5.73 Å². The van der Waals surface area contributed by atoms with E-state index in [2.05, 4.69) is 26.0 Å². The maximum Gasteiger partial charge on any atom is 0.166 e. The van der Waals surface area contributed by atoms with Gasteiger partial charge >= 0.3 is 0 Å². The van der Waals surface area contributed by atoms with Crippen molar-refractivity contribution in [1.29, 1.82) is 0 Å². The normalized spacial score (nSPS) is 23.6. The van der Waals surface area contributed by atoms with Crippen LogP contribution in [0, 0.1) is 11.8 Å². The summed E-state index contributed by atoms with van der Waals surface area (Å²) in [5.74, 6) is 1.05. The molecule has 0 aliphatic heterocycles. The number of rotatable bonds is 4. The molecule has 0 spiro atoms. The molecular formula is C17H25NO. The van der Waals surface area contributed by atoms with Crippen LogP contribution in [0.4, 0.5) is 0 Å². The van der Waals surface area contributed by atoms with E-state index in [1.54, 1.807) is 0 Å². The molecule has 2 heteroatoms. The van der Waals surface area contributed by atoms with Crippen LogP contribution < -0.4 is 5.73 Å². The van der Waals surface area contributed by atoms with Gasteiger partial charge in [0.05, 0.1) is 0 Å². The molecule has 1 aliphatic rings. The van der Waals surface area contributed by atoms with Crippen LogP contribution in [0.3, 0.4) is 0 Å². The number of hydrogen-bond donors (Lipinski definition) is 1. The fourth-order valence-corrected chi connectivity index (χ4v) is 3.02. The molecule has 19 heavy (non-hydrogen) atoms. The van der Waals surface area contributed by atoms with Gasteiger partial charge in [-0.3, -0.25) is 4.79 Å². The van der Waals surface area contributed by atoms with Gasteiger partial charge in [0.1, 0.15) is 0 Å². The Bertz CT molecular complexity index is 439. The molecule has 1 fully saturated rings. The van der Waals surface area contributed by atoms with E-state index in [4.69, 9.17) is 5.73 Å². The minimum Gasteiger partial charge on any atom is -0.328 e. The standard InChI is InChI=1S/C17H25NO/c1-12(2)9-13-5-3-6-14(10-13)17(19)15-7-4-8-16(18)11-15/h3,5-6,10,12,15-16H,4,7-9,11,18H2,1-2H3. The molecule has 0 aromatic heterocycles. The van der Waals surface area contributed by atoms with Crippen LogP contribution in [0.1, 0.15) is 55.5 Å². The van der Waals surface area contributed by atoms with E-state index < -0.39 is 0 Å². The van der Waals surface area contributed by atoms with Crippen molar-refractivity contribution >= 4 is 5.78 Å². The Morgan fingerprint density at radius 2 is 2.16 bits per heavy atom. The quantitative estimate of drug-likeness (QED) is 0.840. The lowest BCUT2D eigenvalue weighted by Crippen LogP contribution is -2.31. The molecule has 2 unspecified atom stereocenters. The van der Waals surface area contributed by atoms with Crippen molar-refractivity contribution in [1.82, 2.24) is 0 Å². The maximum atomic E-state index is 12.5. The predicted molar refractivity (Wildman–Crippen MR) is 79.2 cm³/mol. The van der Waals surface area contributed by atoms with Crippen LogP contribution in [-0.4, -0.2) is 11.8 Å². The molecule has 2 atom stereocenters. The lowest BCUT2D eigenvalue weighted by Gasteiger charge is -2.25. The van der Waals surface area contributed by atoms with Gasteiger partial charge in [-0.2, -0.15) is 0 Å². The molecule has 1 saturated carbocycles. The van der Waals surface area contributed by atoms with E-state index >= 15 is 0 Å². The van der Waals surface area contributed by atoms with Crippen LogP contribution in [-0.2, 0) is 6.42 Å². The molecule has 2 N–H and O–H groups in total. The molecule has 1 aliphatic carbocycles. The first-order chi connectivity index (χ1) is 9.06. The van der Waals surface area contributed by atoms with Crippen LogP contribution in [0.5, 0.6) is 0 Å². The van der Waals surface area contributed by atoms with Crippen LogP contribution in [0.25, 0.3) is 0 Å². The molecule has 0 amide bonds. The summed E-state index contributed by atoms with van der Waals surface area (Å²) in [6.45, 7) is 4.41. The topological polar surface area (TPSA) is 43.1 Å². The van der Waals surface area contributed by atoms with E-state index in [9.17, 15) is 4.79 Å². The first-order valence-electron chi connectivity index (χ1n) is 7.45. The Hall–Kier alpha value is -1.15. The fraction of sp³-hybridized carbons (Fsp3) is 0.588. The molecule has 1 aromatic carbocycles. The van der Waals surface area contributed by atoms with Crippen molar-refractivity contribution < 1.29 is 4.79 Å². The third kappa shape index (κ3) is 3.90. The smallest absolute Gasteiger partial charge is 0.166 e.